The van der Waals surface area contributed by atoms with Crippen LogP contribution in [0.25, 0.3) is 0 Å². The number of nitrogens with one attached hydrogen (secondary N) is 2. The number of hydrogen-bond acceptors (Lipinski definition) is 6. The molecule has 0 bridgehead atoms. The van der Waals surface area contributed by atoms with Gasteiger partial charge in [0, 0.05) is 24.2 Å². The summed E-state index contributed by atoms with van der Waals surface area (Å²) in [5.41, 5.74) is 2.47. The Morgan fingerprint density at radius 1 is 0.581 bits per heavy atom. The van der Waals surface area contributed by atoms with Crippen LogP contribution in [0.1, 0.15) is 45.6 Å². The van der Waals surface area contributed by atoms with Crippen molar-refractivity contribution in [3.63, 3.8) is 0 Å². The van der Waals surface area contributed by atoms with Crippen molar-refractivity contribution in [2.75, 3.05) is 17.2 Å². The fourth-order valence-corrected chi connectivity index (χ4v) is 4.03. The van der Waals surface area contributed by atoms with Crippen LogP contribution < -0.4 is 20.1 Å². The molecule has 0 aliphatic heterocycles. The van der Waals surface area contributed by atoms with Gasteiger partial charge in [-0.2, -0.15) is 0 Å². The van der Waals surface area contributed by atoms with Gasteiger partial charge in [0.2, 0.25) is 5.91 Å². The van der Waals surface area contributed by atoms with Gasteiger partial charge in [-0.1, -0.05) is 51.1 Å². The smallest absolute Gasteiger partial charge is 0.306 e. The molecule has 4 aromatic carbocycles. The van der Waals surface area contributed by atoms with Crippen molar-refractivity contribution < 1.29 is 28.6 Å². The Hall–Kier alpha value is -5.11. The minimum Gasteiger partial charge on any atom is -0.457 e. The van der Waals surface area contributed by atoms with Gasteiger partial charge in [0.25, 0.3) is 5.91 Å². The number of esters is 1. The fraction of sp³-hybridized carbons (Fsp3) is 0.229. The summed E-state index contributed by atoms with van der Waals surface area (Å²) in [5.74, 6) is 1.49. The molecule has 8 heteroatoms. The van der Waals surface area contributed by atoms with Gasteiger partial charge < -0.3 is 24.8 Å². The van der Waals surface area contributed by atoms with Crippen LogP contribution >= 0.6 is 0 Å². The first kappa shape index (κ1) is 30.8. The Morgan fingerprint density at radius 2 is 1.05 bits per heavy atom. The summed E-state index contributed by atoms with van der Waals surface area (Å²) in [4.78, 5) is 36.5. The molecule has 0 aliphatic rings. The van der Waals surface area contributed by atoms with E-state index in [0.717, 1.165) is 5.75 Å². The highest BCUT2D eigenvalue weighted by atomic mass is 16.5. The molecule has 0 saturated carbocycles. The van der Waals surface area contributed by atoms with Gasteiger partial charge in [0.1, 0.15) is 23.0 Å². The Morgan fingerprint density at radius 3 is 1.56 bits per heavy atom. The Kier molecular flexibility index (Phi) is 10.5. The first-order valence-corrected chi connectivity index (χ1v) is 14.1. The maximum atomic E-state index is 12.3. The van der Waals surface area contributed by atoms with E-state index in [-0.39, 0.29) is 24.2 Å². The van der Waals surface area contributed by atoms with Crippen molar-refractivity contribution in [3.05, 3.63) is 109 Å². The van der Waals surface area contributed by atoms with Crippen molar-refractivity contribution in [2.24, 2.45) is 0 Å². The number of rotatable bonds is 12. The van der Waals surface area contributed by atoms with Gasteiger partial charge in [-0.15, -0.1) is 0 Å². The number of benzene rings is 4. The SMILES string of the molecule is CC(C)(C)c1ccc(Oc2ccc(NC(=O)CCCC(=O)OCC(=O)Nc3ccc(Oc4ccccc4)cc3)cc2)cc1. The molecule has 0 saturated heterocycles. The highest BCUT2D eigenvalue weighted by Gasteiger charge is 2.13. The molecule has 0 fully saturated rings. The highest BCUT2D eigenvalue weighted by Crippen LogP contribution is 2.28. The maximum absolute atomic E-state index is 12.3. The summed E-state index contributed by atoms with van der Waals surface area (Å²) in [6.45, 7) is 6.07. The van der Waals surface area contributed by atoms with E-state index >= 15 is 0 Å². The van der Waals surface area contributed by atoms with Crippen molar-refractivity contribution in [1.29, 1.82) is 0 Å². The lowest BCUT2D eigenvalue weighted by atomic mass is 9.87. The van der Waals surface area contributed by atoms with Crippen LogP contribution in [0.2, 0.25) is 0 Å². The molecule has 222 valence electrons. The van der Waals surface area contributed by atoms with Crippen LogP contribution in [0, 0.1) is 0 Å². The van der Waals surface area contributed by atoms with Gasteiger partial charge in [-0.25, -0.2) is 0 Å². The second-order valence-electron chi connectivity index (χ2n) is 11.0. The molecule has 4 rings (SSSR count). The van der Waals surface area contributed by atoms with E-state index in [1.807, 2.05) is 42.5 Å². The Balaban J connectivity index is 1.10. The average Bonchev–Trinajstić information content (AvgIpc) is 2.98. The van der Waals surface area contributed by atoms with E-state index < -0.39 is 18.5 Å². The van der Waals surface area contributed by atoms with E-state index in [2.05, 4.69) is 43.5 Å². The summed E-state index contributed by atoms with van der Waals surface area (Å²) in [7, 11) is 0. The van der Waals surface area contributed by atoms with Crippen molar-refractivity contribution >= 4 is 29.2 Å². The second-order valence-corrected chi connectivity index (χ2v) is 11.0. The minimum absolute atomic E-state index is 0.0208. The molecule has 2 N–H and O–H groups in total. The number of para-hydroxylation sites is 1. The molecule has 4 aromatic rings. The summed E-state index contributed by atoms with van der Waals surface area (Å²) in [5, 5.41) is 5.48. The third-order valence-electron chi connectivity index (χ3n) is 6.36. The van der Waals surface area contributed by atoms with Crippen LogP contribution in [0.5, 0.6) is 23.0 Å². The lowest BCUT2D eigenvalue weighted by Crippen LogP contribution is -2.21. The number of carbonyl (C=O) groups is 3. The van der Waals surface area contributed by atoms with Crippen LogP contribution in [0.15, 0.2) is 103 Å². The summed E-state index contributed by atoms with van der Waals surface area (Å²) in [6, 6.07) is 31.3. The molecule has 2 amide bonds. The molecule has 0 spiro atoms. The van der Waals surface area contributed by atoms with Gasteiger partial charge >= 0.3 is 5.97 Å². The molecular formula is C35H36N2O6. The normalized spacial score (nSPS) is 10.9. The number of hydrogen-bond donors (Lipinski definition) is 2. The summed E-state index contributed by atoms with van der Waals surface area (Å²) in [6.07, 6.45) is 0.449. The van der Waals surface area contributed by atoms with Crippen LogP contribution in [0.3, 0.4) is 0 Å². The molecular weight excluding hydrogens is 544 g/mol. The van der Waals surface area contributed by atoms with Gasteiger partial charge in [-0.05, 0) is 90.2 Å². The first-order chi connectivity index (χ1) is 20.6. The molecule has 0 aliphatic carbocycles. The average molecular weight is 581 g/mol. The second kappa shape index (κ2) is 14.7. The monoisotopic (exact) mass is 580 g/mol. The quantitative estimate of drug-likeness (QED) is 0.165. The molecule has 0 atom stereocenters. The zero-order valence-electron chi connectivity index (χ0n) is 24.6. The van der Waals surface area contributed by atoms with E-state index in [4.69, 9.17) is 14.2 Å². The molecule has 0 heterocycles. The molecule has 0 unspecified atom stereocenters. The number of anilines is 2. The predicted octanol–water partition coefficient (Wildman–Crippen LogP) is 7.86. The Labute approximate surface area is 252 Å². The zero-order chi connectivity index (χ0) is 30.7. The van der Waals surface area contributed by atoms with Crippen molar-refractivity contribution in [1.82, 2.24) is 0 Å². The van der Waals surface area contributed by atoms with E-state index in [1.54, 1.807) is 48.5 Å². The van der Waals surface area contributed by atoms with Gasteiger partial charge in [0.15, 0.2) is 6.61 Å². The fourth-order valence-electron chi connectivity index (χ4n) is 4.03. The third kappa shape index (κ3) is 10.3. The van der Waals surface area contributed by atoms with Crippen LogP contribution in [-0.4, -0.2) is 24.4 Å². The summed E-state index contributed by atoms with van der Waals surface area (Å²) >= 11 is 0. The molecule has 8 nitrogen and oxygen atoms in total. The standard InChI is InChI=1S/C35H36N2O6/c1-35(2,3)25-12-18-29(19-13-25)43-31-20-14-26(15-21-31)36-32(38)10-7-11-34(40)41-24-33(39)37-27-16-22-30(23-17-27)42-28-8-5-4-6-9-28/h4-6,8-9,12-23H,7,10-11,24H2,1-3H3,(H,36,38)(H,37,39). The molecule has 43 heavy (non-hydrogen) atoms. The first-order valence-electron chi connectivity index (χ1n) is 14.1. The van der Waals surface area contributed by atoms with Crippen LogP contribution in [-0.2, 0) is 24.5 Å². The van der Waals surface area contributed by atoms with Crippen molar-refractivity contribution in [2.45, 2.75) is 45.4 Å². The minimum atomic E-state index is -0.549. The number of ether oxygens (including phenoxy) is 3. The topological polar surface area (TPSA) is 103 Å². The van der Waals surface area contributed by atoms with Gasteiger partial charge in [-0.3, -0.25) is 14.4 Å². The molecule has 0 radical (unpaired) electrons. The zero-order valence-corrected chi connectivity index (χ0v) is 24.6. The maximum Gasteiger partial charge on any atom is 0.306 e. The largest absolute Gasteiger partial charge is 0.457 e. The lowest BCUT2D eigenvalue weighted by Gasteiger charge is -2.19. The van der Waals surface area contributed by atoms with E-state index in [9.17, 15) is 14.4 Å². The number of amides is 2. The van der Waals surface area contributed by atoms with Crippen LogP contribution in [0.4, 0.5) is 11.4 Å². The molecule has 0 aromatic heterocycles. The number of carbonyl (C=O) groups excluding carboxylic acids is 3. The Bertz CT molecular complexity index is 1490. The van der Waals surface area contributed by atoms with Gasteiger partial charge in [0.05, 0.1) is 0 Å². The highest BCUT2D eigenvalue weighted by molar-refractivity contribution is 5.93. The summed E-state index contributed by atoms with van der Waals surface area (Å²) < 4.78 is 16.7. The lowest BCUT2D eigenvalue weighted by molar-refractivity contribution is -0.147. The predicted molar refractivity (Wildman–Crippen MR) is 167 cm³/mol. The van der Waals surface area contributed by atoms with Crippen molar-refractivity contribution in [3.8, 4) is 23.0 Å². The van der Waals surface area contributed by atoms with E-state index in [1.165, 1.54) is 5.56 Å². The van der Waals surface area contributed by atoms with E-state index in [0.29, 0.717) is 35.0 Å². The third-order valence-corrected chi connectivity index (χ3v) is 6.36.